The van der Waals surface area contributed by atoms with E-state index in [1.807, 2.05) is 6.07 Å². The molecule has 1 fully saturated rings. The van der Waals surface area contributed by atoms with Crippen molar-refractivity contribution in [2.75, 3.05) is 12.3 Å². The summed E-state index contributed by atoms with van der Waals surface area (Å²) in [5, 5.41) is 0.624. The fourth-order valence-corrected chi connectivity index (χ4v) is 3.24. The number of nitrogen functional groups attached to an aromatic ring is 1. The molecule has 1 aliphatic rings. The molecule has 0 amide bonds. The molecule has 0 heterocycles. The van der Waals surface area contributed by atoms with Gasteiger partial charge in [-0.3, -0.25) is 0 Å². The second-order valence-electron chi connectivity index (χ2n) is 4.62. The van der Waals surface area contributed by atoms with Crippen LogP contribution in [0.2, 0.25) is 5.02 Å². The first-order valence-electron chi connectivity index (χ1n) is 6.04. The third-order valence-electron chi connectivity index (χ3n) is 3.23. The summed E-state index contributed by atoms with van der Waals surface area (Å²) in [7, 11) is 0. The number of hydrogen-bond donors (Lipinski definition) is 1. The van der Waals surface area contributed by atoms with Crippen LogP contribution >= 0.6 is 27.5 Å². The van der Waals surface area contributed by atoms with E-state index in [-0.39, 0.29) is 0 Å². The third-order valence-corrected chi connectivity index (χ3v) is 4.03. The number of benzene rings is 1. The van der Waals surface area contributed by atoms with Crippen LogP contribution in [0.3, 0.4) is 0 Å². The van der Waals surface area contributed by atoms with E-state index in [1.54, 1.807) is 6.07 Å². The summed E-state index contributed by atoms with van der Waals surface area (Å²) in [5.74, 6) is 1.39. The molecular formula is C13H17BrClNO. The summed E-state index contributed by atoms with van der Waals surface area (Å²) >= 11 is 9.34. The topological polar surface area (TPSA) is 35.2 Å². The average molecular weight is 319 g/mol. The van der Waals surface area contributed by atoms with Crippen molar-refractivity contribution in [3.8, 4) is 5.75 Å². The monoisotopic (exact) mass is 317 g/mol. The summed E-state index contributed by atoms with van der Waals surface area (Å²) in [6, 6.07) is 3.54. The molecule has 0 unspecified atom stereocenters. The smallest absolute Gasteiger partial charge is 0.156 e. The quantitative estimate of drug-likeness (QED) is 0.824. The van der Waals surface area contributed by atoms with Crippen molar-refractivity contribution in [2.45, 2.75) is 32.1 Å². The van der Waals surface area contributed by atoms with Crippen LogP contribution in [-0.2, 0) is 0 Å². The summed E-state index contributed by atoms with van der Waals surface area (Å²) < 4.78 is 6.66. The van der Waals surface area contributed by atoms with Crippen LogP contribution in [0.15, 0.2) is 16.6 Å². The molecule has 1 aromatic carbocycles. The predicted molar refractivity (Wildman–Crippen MR) is 75.6 cm³/mol. The zero-order chi connectivity index (χ0) is 12.3. The molecule has 1 aromatic rings. The van der Waals surface area contributed by atoms with Crippen LogP contribution in [0.4, 0.5) is 5.69 Å². The van der Waals surface area contributed by atoms with Crippen molar-refractivity contribution in [3.05, 3.63) is 21.6 Å². The normalized spacial score (nSPS) is 17.1. The zero-order valence-corrected chi connectivity index (χ0v) is 12.1. The Hall–Kier alpha value is -0.410. The molecule has 2 rings (SSSR count). The van der Waals surface area contributed by atoms with E-state index in [0.29, 0.717) is 16.6 Å². The minimum atomic E-state index is 0.597. The Kier molecular flexibility index (Phi) is 4.57. The number of nitrogens with two attached hydrogens (primary N) is 1. The Morgan fingerprint density at radius 2 is 2.00 bits per heavy atom. The molecule has 2 nitrogen and oxygen atoms in total. The highest BCUT2D eigenvalue weighted by atomic mass is 79.9. The highest BCUT2D eigenvalue weighted by molar-refractivity contribution is 9.10. The molecule has 0 saturated heterocycles. The molecule has 1 saturated carbocycles. The first kappa shape index (κ1) is 13.0. The second-order valence-corrected chi connectivity index (χ2v) is 5.91. The molecule has 17 heavy (non-hydrogen) atoms. The van der Waals surface area contributed by atoms with Crippen molar-refractivity contribution in [3.63, 3.8) is 0 Å². The second kappa shape index (κ2) is 5.96. The summed E-state index contributed by atoms with van der Waals surface area (Å²) in [6.07, 6.45) is 6.55. The third kappa shape index (κ3) is 3.52. The maximum atomic E-state index is 5.91. The van der Waals surface area contributed by atoms with Crippen molar-refractivity contribution >= 4 is 33.2 Å². The van der Waals surface area contributed by atoms with E-state index in [0.717, 1.165) is 16.8 Å². The molecule has 0 aliphatic heterocycles. The summed E-state index contributed by atoms with van der Waals surface area (Å²) in [5.41, 5.74) is 6.50. The molecule has 0 bridgehead atoms. The zero-order valence-electron chi connectivity index (χ0n) is 9.72. The molecule has 0 aromatic heterocycles. The summed E-state index contributed by atoms with van der Waals surface area (Å²) in [6.45, 7) is 0.754. The van der Waals surface area contributed by atoms with Crippen LogP contribution in [-0.4, -0.2) is 6.61 Å². The van der Waals surface area contributed by atoms with E-state index < -0.39 is 0 Å². The van der Waals surface area contributed by atoms with Crippen LogP contribution in [0.1, 0.15) is 32.1 Å². The maximum Gasteiger partial charge on any atom is 0.156 e. The number of hydrogen-bond acceptors (Lipinski definition) is 2. The van der Waals surface area contributed by atoms with Gasteiger partial charge in [0.25, 0.3) is 0 Å². The van der Waals surface area contributed by atoms with Crippen LogP contribution in [0, 0.1) is 5.92 Å². The van der Waals surface area contributed by atoms with E-state index in [4.69, 9.17) is 22.1 Å². The van der Waals surface area contributed by atoms with Gasteiger partial charge in [-0.2, -0.15) is 0 Å². The molecule has 0 radical (unpaired) electrons. The van der Waals surface area contributed by atoms with Crippen molar-refractivity contribution < 1.29 is 4.74 Å². The lowest BCUT2D eigenvalue weighted by Crippen LogP contribution is -2.15. The van der Waals surface area contributed by atoms with E-state index in [1.165, 1.54) is 32.1 Å². The van der Waals surface area contributed by atoms with Crippen LogP contribution in [0.25, 0.3) is 0 Å². The fraction of sp³-hybridized carbons (Fsp3) is 0.538. The molecule has 2 N–H and O–H groups in total. The van der Waals surface area contributed by atoms with Crippen LogP contribution in [0.5, 0.6) is 5.75 Å². The van der Waals surface area contributed by atoms with Crippen LogP contribution < -0.4 is 10.5 Å². The minimum Gasteiger partial charge on any atom is -0.490 e. The van der Waals surface area contributed by atoms with Gasteiger partial charge < -0.3 is 10.5 Å². The van der Waals surface area contributed by atoms with Gasteiger partial charge in [0, 0.05) is 5.02 Å². The van der Waals surface area contributed by atoms with Gasteiger partial charge >= 0.3 is 0 Å². The van der Waals surface area contributed by atoms with Gasteiger partial charge in [-0.25, -0.2) is 0 Å². The SMILES string of the molecule is Nc1cc(Cl)cc(Br)c1OCC1CCCCC1. The number of ether oxygens (including phenoxy) is 1. The number of rotatable bonds is 3. The van der Waals surface area contributed by atoms with Gasteiger partial charge in [-0.05, 0) is 46.8 Å². The van der Waals surface area contributed by atoms with E-state index in [9.17, 15) is 0 Å². The predicted octanol–water partition coefficient (Wildman–Crippen LogP) is 4.64. The maximum absolute atomic E-state index is 5.91. The molecule has 0 spiro atoms. The first-order chi connectivity index (χ1) is 8.16. The van der Waals surface area contributed by atoms with Crippen molar-refractivity contribution in [1.82, 2.24) is 0 Å². The Bertz CT molecular complexity index is 368. The molecular weight excluding hydrogens is 302 g/mol. The molecule has 1 aliphatic carbocycles. The Morgan fingerprint density at radius 3 is 2.65 bits per heavy atom. The van der Waals surface area contributed by atoms with Gasteiger partial charge in [0.2, 0.25) is 0 Å². The van der Waals surface area contributed by atoms with E-state index in [2.05, 4.69) is 15.9 Å². The Balaban J connectivity index is 1.98. The number of anilines is 1. The van der Waals surface area contributed by atoms with Gasteiger partial charge in [0.05, 0.1) is 16.8 Å². The van der Waals surface area contributed by atoms with Crippen molar-refractivity contribution in [1.29, 1.82) is 0 Å². The molecule has 94 valence electrons. The highest BCUT2D eigenvalue weighted by Crippen LogP contribution is 2.35. The Labute approximate surface area is 116 Å². The molecule has 4 heteroatoms. The average Bonchev–Trinajstić information content (AvgIpc) is 2.29. The van der Waals surface area contributed by atoms with Gasteiger partial charge in [0.1, 0.15) is 0 Å². The highest BCUT2D eigenvalue weighted by Gasteiger charge is 2.15. The molecule has 0 atom stereocenters. The minimum absolute atomic E-state index is 0.597. The van der Waals surface area contributed by atoms with Gasteiger partial charge in [0.15, 0.2) is 5.75 Å². The van der Waals surface area contributed by atoms with Crippen molar-refractivity contribution in [2.24, 2.45) is 5.92 Å². The lowest BCUT2D eigenvalue weighted by Gasteiger charge is -2.22. The lowest BCUT2D eigenvalue weighted by atomic mass is 9.90. The Morgan fingerprint density at radius 1 is 1.29 bits per heavy atom. The van der Waals surface area contributed by atoms with E-state index >= 15 is 0 Å². The van der Waals surface area contributed by atoms with Gasteiger partial charge in [-0.1, -0.05) is 30.9 Å². The number of halogens is 2. The van der Waals surface area contributed by atoms with Gasteiger partial charge in [-0.15, -0.1) is 0 Å². The fourth-order valence-electron chi connectivity index (χ4n) is 2.29. The first-order valence-corrected chi connectivity index (χ1v) is 7.21. The summed E-state index contributed by atoms with van der Waals surface area (Å²) in [4.78, 5) is 0. The lowest BCUT2D eigenvalue weighted by molar-refractivity contribution is 0.209. The standard InChI is InChI=1S/C13H17BrClNO/c14-11-6-10(15)7-12(16)13(11)17-8-9-4-2-1-3-5-9/h6-7,9H,1-5,8,16H2. The largest absolute Gasteiger partial charge is 0.490 e.